The van der Waals surface area contributed by atoms with Crippen molar-refractivity contribution in [3.63, 3.8) is 0 Å². The fourth-order valence-electron chi connectivity index (χ4n) is 1.17. The monoisotopic (exact) mass is 222 g/mol. The third-order valence-corrected chi connectivity index (χ3v) is 2.86. The Bertz CT molecular complexity index is 549. The summed E-state index contributed by atoms with van der Waals surface area (Å²) in [6, 6.07) is 4.65. The second-order valence-electron chi connectivity index (χ2n) is 2.87. The van der Waals surface area contributed by atoms with Crippen LogP contribution in [0.4, 0.5) is 0 Å². The fraction of sp³-hybridized carbons (Fsp3) is 0. The average molecular weight is 222 g/mol. The van der Waals surface area contributed by atoms with Crippen LogP contribution in [0.25, 0.3) is 10.2 Å². The van der Waals surface area contributed by atoms with Gasteiger partial charge in [-0.25, -0.2) is 9.78 Å². The number of carboxylic acids is 1. The van der Waals surface area contributed by atoms with E-state index in [-0.39, 0.29) is 5.01 Å². The second kappa shape index (κ2) is 3.32. The van der Waals surface area contributed by atoms with Crippen molar-refractivity contribution in [2.24, 2.45) is 5.73 Å². The molecule has 2 aromatic rings. The van der Waals surface area contributed by atoms with Crippen molar-refractivity contribution in [2.75, 3.05) is 0 Å². The van der Waals surface area contributed by atoms with Crippen LogP contribution < -0.4 is 5.73 Å². The van der Waals surface area contributed by atoms with Crippen molar-refractivity contribution in [2.45, 2.75) is 0 Å². The number of benzene rings is 1. The summed E-state index contributed by atoms with van der Waals surface area (Å²) in [5.41, 5.74) is 6.01. The molecule has 3 N–H and O–H groups in total. The zero-order chi connectivity index (χ0) is 11.0. The molecule has 0 aliphatic heterocycles. The molecule has 0 spiro atoms. The third-order valence-electron chi connectivity index (χ3n) is 1.86. The molecule has 0 bridgehead atoms. The summed E-state index contributed by atoms with van der Waals surface area (Å²) in [7, 11) is 0. The Morgan fingerprint density at radius 2 is 2.13 bits per heavy atom. The molecule has 0 radical (unpaired) electrons. The van der Waals surface area contributed by atoms with Crippen molar-refractivity contribution in [1.82, 2.24) is 4.98 Å². The van der Waals surface area contributed by atoms with Gasteiger partial charge < -0.3 is 10.8 Å². The van der Waals surface area contributed by atoms with Crippen molar-refractivity contribution in [3.8, 4) is 0 Å². The number of aromatic nitrogens is 1. The molecule has 5 nitrogen and oxygen atoms in total. The standard InChI is InChI=1S/C9H6N2O3S/c10-7(12)4-1-2-5-6(3-4)15-8(11-5)9(13)14/h1-3H,(H2,10,12)(H,13,14). The number of hydrogen-bond acceptors (Lipinski definition) is 4. The predicted molar refractivity (Wildman–Crippen MR) is 55.1 cm³/mol. The number of fused-ring (bicyclic) bond motifs is 1. The maximum Gasteiger partial charge on any atom is 0.365 e. The first kappa shape index (κ1) is 9.60. The number of amides is 1. The summed E-state index contributed by atoms with van der Waals surface area (Å²) in [6.45, 7) is 0. The number of hydrogen-bond donors (Lipinski definition) is 2. The Labute approximate surface area is 88.2 Å². The van der Waals surface area contributed by atoms with E-state index in [2.05, 4.69) is 4.98 Å². The van der Waals surface area contributed by atoms with Crippen molar-refractivity contribution in [3.05, 3.63) is 28.8 Å². The van der Waals surface area contributed by atoms with Gasteiger partial charge in [-0.15, -0.1) is 11.3 Å². The molecule has 1 aromatic heterocycles. The number of primary amides is 1. The van der Waals surface area contributed by atoms with Gasteiger partial charge in [-0.05, 0) is 18.2 Å². The Kier molecular flexibility index (Phi) is 2.12. The van der Waals surface area contributed by atoms with Crippen molar-refractivity contribution >= 4 is 33.4 Å². The summed E-state index contributed by atoms with van der Waals surface area (Å²) < 4.78 is 0.642. The second-order valence-corrected chi connectivity index (χ2v) is 3.90. The zero-order valence-corrected chi connectivity index (χ0v) is 8.25. The lowest BCUT2D eigenvalue weighted by atomic mass is 10.2. The first-order valence-corrected chi connectivity index (χ1v) is 4.83. The van der Waals surface area contributed by atoms with Gasteiger partial charge in [-0.1, -0.05) is 0 Å². The number of nitrogens with two attached hydrogens (primary N) is 1. The molecule has 0 aliphatic rings. The van der Waals surface area contributed by atoms with Gasteiger partial charge in [0.2, 0.25) is 10.9 Å². The minimum atomic E-state index is -1.07. The van der Waals surface area contributed by atoms with Crippen LogP contribution in [0.3, 0.4) is 0 Å². The Morgan fingerprint density at radius 1 is 1.40 bits per heavy atom. The SMILES string of the molecule is NC(=O)c1ccc2nc(C(=O)O)sc2c1. The average Bonchev–Trinajstić information content (AvgIpc) is 2.59. The van der Waals surface area contributed by atoms with Gasteiger partial charge >= 0.3 is 5.97 Å². The molecule has 6 heteroatoms. The molecule has 0 saturated carbocycles. The summed E-state index contributed by atoms with van der Waals surface area (Å²) in [5, 5.41) is 8.73. The lowest BCUT2D eigenvalue weighted by Gasteiger charge is -1.92. The topological polar surface area (TPSA) is 93.3 Å². The highest BCUT2D eigenvalue weighted by atomic mass is 32.1. The Hall–Kier alpha value is -1.95. The number of thiazole rings is 1. The highest BCUT2D eigenvalue weighted by molar-refractivity contribution is 7.20. The van der Waals surface area contributed by atoms with Crippen LogP contribution in [0.2, 0.25) is 0 Å². The summed E-state index contributed by atoms with van der Waals surface area (Å²) in [6.07, 6.45) is 0. The van der Waals surface area contributed by atoms with Gasteiger partial charge in [0.05, 0.1) is 10.2 Å². The highest BCUT2D eigenvalue weighted by Crippen LogP contribution is 2.23. The van der Waals surface area contributed by atoms with E-state index in [1.54, 1.807) is 12.1 Å². The zero-order valence-electron chi connectivity index (χ0n) is 7.43. The maximum atomic E-state index is 10.9. The quantitative estimate of drug-likeness (QED) is 0.795. The molecule has 1 amide bonds. The van der Waals surface area contributed by atoms with Crippen LogP contribution in [0.5, 0.6) is 0 Å². The molecule has 1 aromatic carbocycles. The van der Waals surface area contributed by atoms with Crippen LogP contribution in [0.15, 0.2) is 18.2 Å². The van der Waals surface area contributed by atoms with Gasteiger partial charge in [-0.3, -0.25) is 4.79 Å². The molecule has 2 rings (SSSR count). The molecule has 0 aliphatic carbocycles. The number of aromatic carboxylic acids is 1. The third kappa shape index (κ3) is 1.66. The van der Waals surface area contributed by atoms with Crippen LogP contribution in [-0.2, 0) is 0 Å². The number of carbonyl (C=O) groups is 2. The van der Waals surface area contributed by atoms with E-state index < -0.39 is 11.9 Å². The van der Waals surface area contributed by atoms with E-state index in [9.17, 15) is 9.59 Å². The lowest BCUT2D eigenvalue weighted by molar-refractivity contribution is 0.0696. The summed E-state index contributed by atoms with van der Waals surface area (Å²) in [5.74, 6) is -1.61. The van der Waals surface area contributed by atoms with Gasteiger partial charge in [-0.2, -0.15) is 0 Å². The molecule has 1 heterocycles. The molecule has 0 saturated heterocycles. The predicted octanol–water partition coefficient (Wildman–Crippen LogP) is 1.09. The Morgan fingerprint density at radius 3 is 2.73 bits per heavy atom. The number of carboxylic acid groups (broad SMARTS) is 1. The van der Waals surface area contributed by atoms with Gasteiger partial charge in [0.25, 0.3) is 0 Å². The largest absolute Gasteiger partial charge is 0.476 e. The van der Waals surface area contributed by atoms with Crippen LogP contribution in [-0.4, -0.2) is 22.0 Å². The summed E-state index contributed by atoms with van der Waals surface area (Å²) in [4.78, 5) is 25.4. The van der Waals surface area contributed by atoms with Gasteiger partial charge in [0, 0.05) is 5.56 Å². The Balaban J connectivity index is 2.62. The minimum absolute atomic E-state index is 0.00613. The highest BCUT2D eigenvalue weighted by Gasteiger charge is 2.11. The first-order valence-electron chi connectivity index (χ1n) is 4.01. The normalized spacial score (nSPS) is 10.4. The molecule has 0 unspecified atom stereocenters. The number of rotatable bonds is 2. The first-order chi connectivity index (χ1) is 7.08. The molecule has 15 heavy (non-hydrogen) atoms. The van der Waals surface area contributed by atoms with E-state index in [4.69, 9.17) is 10.8 Å². The van der Waals surface area contributed by atoms with Crippen LogP contribution in [0.1, 0.15) is 20.2 Å². The molecule has 76 valence electrons. The van der Waals surface area contributed by atoms with E-state index in [0.717, 1.165) is 11.3 Å². The van der Waals surface area contributed by atoms with E-state index in [1.807, 2.05) is 0 Å². The maximum absolute atomic E-state index is 10.9. The molecular formula is C9H6N2O3S. The van der Waals surface area contributed by atoms with Crippen LogP contribution >= 0.6 is 11.3 Å². The molecule has 0 fully saturated rings. The minimum Gasteiger partial charge on any atom is -0.476 e. The summed E-state index contributed by atoms with van der Waals surface area (Å²) >= 11 is 1.02. The van der Waals surface area contributed by atoms with Gasteiger partial charge in [0.15, 0.2) is 0 Å². The molecular weight excluding hydrogens is 216 g/mol. The fourth-order valence-corrected chi connectivity index (χ4v) is 2.01. The molecule has 0 atom stereocenters. The van der Waals surface area contributed by atoms with Crippen molar-refractivity contribution in [1.29, 1.82) is 0 Å². The van der Waals surface area contributed by atoms with Gasteiger partial charge in [0.1, 0.15) is 0 Å². The number of nitrogens with zero attached hydrogens (tertiary/aromatic N) is 1. The lowest BCUT2D eigenvalue weighted by Crippen LogP contribution is -2.10. The smallest absolute Gasteiger partial charge is 0.365 e. The van der Waals surface area contributed by atoms with E-state index in [0.29, 0.717) is 15.8 Å². The van der Waals surface area contributed by atoms with E-state index in [1.165, 1.54) is 6.07 Å². The van der Waals surface area contributed by atoms with Crippen molar-refractivity contribution < 1.29 is 14.7 Å². The van der Waals surface area contributed by atoms with Crippen LogP contribution in [0, 0.1) is 0 Å². The number of carbonyl (C=O) groups excluding carboxylic acids is 1. The van der Waals surface area contributed by atoms with E-state index >= 15 is 0 Å².